The average Bonchev–Trinajstić information content (AvgIpc) is 2.69. The van der Waals surface area contributed by atoms with Gasteiger partial charge < -0.3 is 19.6 Å². The summed E-state index contributed by atoms with van der Waals surface area (Å²) in [6, 6.07) is 15.4. The fraction of sp³-hybridized carbons (Fsp3) is 0.409. The number of rotatable bonds is 8. The predicted octanol–water partition coefficient (Wildman–Crippen LogP) is 2.65. The molecule has 0 aromatic heterocycles. The smallest absolute Gasteiger partial charge is 0.335 e. The van der Waals surface area contributed by atoms with Crippen LogP contribution in [0.25, 0.3) is 0 Å². The molecule has 1 saturated heterocycles. The molecule has 6 nitrogen and oxygen atoms in total. The molecule has 0 amide bonds. The average molecular weight is 383 g/mol. The molecular formula is C22H29N3O3. The van der Waals surface area contributed by atoms with Crippen LogP contribution in [0.15, 0.2) is 48.5 Å². The van der Waals surface area contributed by atoms with E-state index in [-0.39, 0.29) is 0 Å². The Hall–Kier alpha value is -2.57. The number of benzene rings is 2. The van der Waals surface area contributed by atoms with Crippen molar-refractivity contribution in [2.24, 2.45) is 0 Å². The summed E-state index contributed by atoms with van der Waals surface area (Å²) in [4.78, 5) is 18.0. The van der Waals surface area contributed by atoms with Crippen LogP contribution < -0.4 is 9.64 Å². The Balaban J connectivity index is 1.57. The number of carboxylic acids is 1. The maximum atomic E-state index is 11.2. The third-order valence-corrected chi connectivity index (χ3v) is 4.95. The van der Waals surface area contributed by atoms with Crippen molar-refractivity contribution in [3.05, 3.63) is 59.7 Å². The van der Waals surface area contributed by atoms with Gasteiger partial charge in [0.05, 0.1) is 11.3 Å². The number of hydrogen-bond acceptors (Lipinski definition) is 5. The summed E-state index contributed by atoms with van der Waals surface area (Å²) in [5.74, 6) is 0.0597. The molecule has 6 heteroatoms. The summed E-state index contributed by atoms with van der Waals surface area (Å²) >= 11 is 0. The Morgan fingerprint density at radius 3 is 2.54 bits per heavy atom. The van der Waals surface area contributed by atoms with Crippen molar-refractivity contribution >= 4 is 11.7 Å². The lowest BCUT2D eigenvalue weighted by Crippen LogP contribution is -2.46. The SMILES string of the molecule is CN(C)CCOc1ccccc1N1CCN(Cc2cccc(C(=O)O)c2)CC1. The fourth-order valence-electron chi connectivity index (χ4n) is 3.39. The van der Waals surface area contributed by atoms with Gasteiger partial charge in [-0.25, -0.2) is 4.79 Å². The van der Waals surface area contributed by atoms with E-state index in [1.807, 2.05) is 38.4 Å². The molecule has 0 spiro atoms. The molecule has 0 radical (unpaired) electrons. The minimum absolute atomic E-state index is 0.347. The predicted molar refractivity (Wildman–Crippen MR) is 111 cm³/mol. The van der Waals surface area contributed by atoms with Gasteiger partial charge in [0.15, 0.2) is 0 Å². The zero-order valence-electron chi connectivity index (χ0n) is 16.7. The topological polar surface area (TPSA) is 56.2 Å². The van der Waals surface area contributed by atoms with Crippen molar-refractivity contribution in [1.82, 2.24) is 9.80 Å². The van der Waals surface area contributed by atoms with Crippen molar-refractivity contribution in [1.29, 1.82) is 0 Å². The highest BCUT2D eigenvalue weighted by molar-refractivity contribution is 5.87. The molecular weight excluding hydrogens is 354 g/mol. The maximum absolute atomic E-state index is 11.2. The second-order valence-electron chi connectivity index (χ2n) is 7.39. The Morgan fingerprint density at radius 1 is 1.07 bits per heavy atom. The van der Waals surface area contributed by atoms with Gasteiger partial charge >= 0.3 is 5.97 Å². The van der Waals surface area contributed by atoms with E-state index in [2.05, 4.69) is 26.8 Å². The Labute approximate surface area is 166 Å². The van der Waals surface area contributed by atoms with E-state index in [1.165, 1.54) is 0 Å². The number of aromatic carboxylic acids is 1. The molecule has 1 aliphatic heterocycles. The van der Waals surface area contributed by atoms with Crippen LogP contribution in [0.2, 0.25) is 0 Å². The van der Waals surface area contributed by atoms with Gasteiger partial charge in [-0.05, 0) is 43.9 Å². The summed E-state index contributed by atoms with van der Waals surface area (Å²) in [5, 5.41) is 9.16. The minimum atomic E-state index is -0.877. The quantitative estimate of drug-likeness (QED) is 0.756. The number of hydrogen-bond donors (Lipinski definition) is 1. The zero-order valence-corrected chi connectivity index (χ0v) is 16.7. The standard InChI is InChI=1S/C22H29N3O3/c1-23(2)14-15-28-21-9-4-3-8-20(21)25-12-10-24(11-13-25)17-18-6-5-7-19(16-18)22(26)27/h3-9,16H,10-15,17H2,1-2H3,(H,26,27). The first kappa shape index (κ1) is 20.2. The highest BCUT2D eigenvalue weighted by Gasteiger charge is 2.20. The highest BCUT2D eigenvalue weighted by Crippen LogP contribution is 2.29. The van der Waals surface area contributed by atoms with Crippen molar-refractivity contribution < 1.29 is 14.6 Å². The summed E-state index contributed by atoms with van der Waals surface area (Å²) < 4.78 is 6.01. The minimum Gasteiger partial charge on any atom is -0.490 e. The summed E-state index contributed by atoms with van der Waals surface area (Å²) in [7, 11) is 4.08. The van der Waals surface area contributed by atoms with E-state index in [0.717, 1.165) is 56.3 Å². The monoisotopic (exact) mass is 383 g/mol. The number of carbonyl (C=O) groups is 1. The maximum Gasteiger partial charge on any atom is 0.335 e. The molecule has 0 unspecified atom stereocenters. The third kappa shape index (κ3) is 5.47. The van der Waals surface area contributed by atoms with E-state index in [4.69, 9.17) is 9.84 Å². The van der Waals surface area contributed by atoms with Crippen molar-refractivity contribution in [3.8, 4) is 5.75 Å². The normalized spacial score (nSPS) is 15.0. The molecule has 28 heavy (non-hydrogen) atoms. The van der Waals surface area contributed by atoms with Crippen molar-refractivity contribution in [2.45, 2.75) is 6.54 Å². The summed E-state index contributed by atoms with van der Waals surface area (Å²) in [5.41, 5.74) is 2.54. The molecule has 3 rings (SSSR count). The first-order valence-corrected chi connectivity index (χ1v) is 9.69. The van der Waals surface area contributed by atoms with Crippen molar-refractivity contribution in [3.63, 3.8) is 0 Å². The Bertz CT molecular complexity index is 786. The lowest BCUT2D eigenvalue weighted by Gasteiger charge is -2.36. The van der Waals surface area contributed by atoms with E-state index in [9.17, 15) is 4.79 Å². The number of carboxylic acid groups (broad SMARTS) is 1. The van der Waals surface area contributed by atoms with Crippen LogP contribution >= 0.6 is 0 Å². The van der Waals surface area contributed by atoms with Crippen LogP contribution in [0.1, 0.15) is 15.9 Å². The number of ether oxygens (including phenoxy) is 1. The molecule has 1 aliphatic rings. The molecule has 150 valence electrons. The van der Waals surface area contributed by atoms with Gasteiger partial charge in [-0.2, -0.15) is 0 Å². The number of nitrogens with zero attached hydrogens (tertiary/aromatic N) is 3. The van der Waals surface area contributed by atoms with E-state index < -0.39 is 5.97 Å². The van der Waals surface area contributed by atoms with Crippen molar-refractivity contribution in [2.75, 3.05) is 58.3 Å². The van der Waals surface area contributed by atoms with Crippen LogP contribution in [0.5, 0.6) is 5.75 Å². The molecule has 2 aromatic carbocycles. The molecule has 1 fully saturated rings. The Kier molecular flexibility index (Phi) is 6.90. The van der Waals surface area contributed by atoms with Gasteiger partial charge in [0, 0.05) is 39.3 Å². The third-order valence-electron chi connectivity index (χ3n) is 4.95. The molecule has 0 atom stereocenters. The van der Waals surface area contributed by atoms with Gasteiger partial charge in [0.1, 0.15) is 12.4 Å². The molecule has 0 saturated carbocycles. The summed E-state index contributed by atoms with van der Waals surface area (Å²) in [6.07, 6.45) is 0. The van der Waals surface area contributed by atoms with Gasteiger partial charge in [0.2, 0.25) is 0 Å². The number of para-hydroxylation sites is 2. The summed E-state index contributed by atoms with van der Waals surface area (Å²) in [6.45, 7) is 6.05. The molecule has 2 aromatic rings. The molecule has 1 N–H and O–H groups in total. The van der Waals surface area contributed by atoms with Crippen LogP contribution in [-0.2, 0) is 6.54 Å². The van der Waals surface area contributed by atoms with Crippen LogP contribution in [0.3, 0.4) is 0 Å². The second-order valence-corrected chi connectivity index (χ2v) is 7.39. The first-order valence-electron chi connectivity index (χ1n) is 9.69. The van der Waals surface area contributed by atoms with Crippen LogP contribution in [-0.4, -0.2) is 74.3 Å². The van der Waals surface area contributed by atoms with Gasteiger partial charge in [0.25, 0.3) is 0 Å². The first-order chi connectivity index (χ1) is 13.5. The van der Waals surface area contributed by atoms with Gasteiger partial charge in [-0.15, -0.1) is 0 Å². The number of anilines is 1. The molecule has 0 bridgehead atoms. The van der Waals surface area contributed by atoms with Gasteiger partial charge in [-0.3, -0.25) is 4.90 Å². The second kappa shape index (κ2) is 9.57. The van der Waals surface area contributed by atoms with Crippen LogP contribution in [0, 0.1) is 0 Å². The number of piperazine rings is 1. The van der Waals surface area contributed by atoms with Gasteiger partial charge in [-0.1, -0.05) is 24.3 Å². The largest absolute Gasteiger partial charge is 0.490 e. The fourth-order valence-corrected chi connectivity index (χ4v) is 3.39. The lowest BCUT2D eigenvalue weighted by molar-refractivity contribution is 0.0696. The number of likely N-dealkylation sites (N-methyl/N-ethyl adjacent to an activating group) is 1. The van der Waals surface area contributed by atoms with E-state index in [0.29, 0.717) is 12.2 Å². The lowest BCUT2D eigenvalue weighted by atomic mass is 10.1. The van der Waals surface area contributed by atoms with E-state index in [1.54, 1.807) is 12.1 Å². The molecule has 1 heterocycles. The zero-order chi connectivity index (χ0) is 19.9. The Morgan fingerprint density at radius 2 is 1.82 bits per heavy atom. The highest BCUT2D eigenvalue weighted by atomic mass is 16.5. The van der Waals surface area contributed by atoms with Crippen LogP contribution in [0.4, 0.5) is 5.69 Å². The molecule has 0 aliphatic carbocycles. The van der Waals surface area contributed by atoms with E-state index >= 15 is 0 Å².